The van der Waals surface area contributed by atoms with Crippen LogP contribution in [0.5, 0.6) is 5.75 Å². The van der Waals surface area contributed by atoms with Crippen LogP contribution in [0.15, 0.2) is 121 Å². The molecule has 0 bridgehead atoms. The highest BCUT2D eigenvalue weighted by Gasteiger charge is 2.15. The van der Waals surface area contributed by atoms with Gasteiger partial charge in [-0.15, -0.1) is 0 Å². The van der Waals surface area contributed by atoms with E-state index in [1.54, 1.807) is 12.1 Å². The zero-order valence-electron chi connectivity index (χ0n) is 18.0. The quantitative estimate of drug-likeness (QED) is 0.290. The first kappa shape index (κ1) is 20.5. The first-order chi connectivity index (χ1) is 16.2. The molecule has 0 fully saturated rings. The largest absolute Gasteiger partial charge is 0.508 e. The second kappa shape index (κ2) is 8.97. The van der Waals surface area contributed by atoms with Crippen molar-refractivity contribution in [1.82, 2.24) is 0 Å². The van der Waals surface area contributed by atoms with E-state index in [-0.39, 0.29) is 5.75 Å². The molecule has 0 saturated carbocycles. The lowest BCUT2D eigenvalue weighted by molar-refractivity contribution is 0.112. The van der Waals surface area contributed by atoms with Crippen molar-refractivity contribution in [2.45, 2.75) is 0 Å². The van der Waals surface area contributed by atoms with E-state index in [1.165, 1.54) is 0 Å². The summed E-state index contributed by atoms with van der Waals surface area (Å²) < 4.78 is 0. The summed E-state index contributed by atoms with van der Waals surface area (Å²) in [5.41, 5.74) is 8.06. The van der Waals surface area contributed by atoms with Crippen LogP contribution in [-0.4, -0.2) is 11.4 Å². The van der Waals surface area contributed by atoms with Crippen molar-refractivity contribution < 1.29 is 9.90 Å². The fraction of sp³-hybridized carbons (Fsp3) is 0. The van der Waals surface area contributed by atoms with Crippen LogP contribution in [0, 0.1) is 0 Å². The second-order valence-corrected chi connectivity index (χ2v) is 7.97. The van der Waals surface area contributed by atoms with Crippen LogP contribution < -0.4 is 0 Å². The van der Waals surface area contributed by atoms with E-state index >= 15 is 0 Å². The Morgan fingerprint density at radius 1 is 0.455 bits per heavy atom. The van der Waals surface area contributed by atoms with Gasteiger partial charge in [-0.1, -0.05) is 97.1 Å². The van der Waals surface area contributed by atoms with Crippen molar-refractivity contribution in [2.75, 3.05) is 0 Å². The fourth-order valence-corrected chi connectivity index (χ4v) is 4.24. The Bertz CT molecular complexity index is 1320. The molecular formula is C31H22O2. The first-order valence-corrected chi connectivity index (χ1v) is 10.9. The van der Waals surface area contributed by atoms with Crippen molar-refractivity contribution >= 4 is 6.29 Å². The van der Waals surface area contributed by atoms with Gasteiger partial charge in [0, 0.05) is 5.56 Å². The number of benzene rings is 5. The van der Waals surface area contributed by atoms with E-state index in [0.29, 0.717) is 16.7 Å². The Labute approximate surface area is 193 Å². The maximum atomic E-state index is 12.3. The molecule has 0 heterocycles. The Morgan fingerprint density at radius 3 is 1.27 bits per heavy atom. The molecule has 0 aliphatic carbocycles. The number of aldehydes is 1. The van der Waals surface area contributed by atoms with Gasteiger partial charge in [-0.2, -0.15) is 0 Å². The number of phenolic OH excluding ortho intramolecular Hbond substituents is 1. The van der Waals surface area contributed by atoms with Gasteiger partial charge in [-0.05, 0) is 68.8 Å². The summed E-state index contributed by atoms with van der Waals surface area (Å²) in [6.45, 7) is 0. The maximum Gasteiger partial charge on any atom is 0.151 e. The highest BCUT2D eigenvalue weighted by atomic mass is 16.3. The van der Waals surface area contributed by atoms with Crippen molar-refractivity contribution in [1.29, 1.82) is 0 Å². The Hall–Kier alpha value is -4.43. The summed E-state index contributed by atoms with van der Waals surface area (Å²) in [7, 11) is 0. The minimum Gasteiger partial charge on any atom is -0.508 e. The molecule has 0 amide bonds. The molecule has 0 saturated heterocycles. The average Bonchev–Trinajstić information content (AvgIpc) is 2.89. The van der Waals surface area contributed by atoms with Crippen LogP contribution in [0.3, 0.4) is 0 Å². The summed E-state index contributed by atoms with van der Waals surface area (Å²) in [5.74, 6) is 0.126. The molecule has 5 aromatic rings. The molecular weight excluding hydrogens is 404 g/mol. The molecule has 2 nitrogen and oxygen atoms in total. The predicted molar refractivity (Wildman–Crippen MR) is 135 cm³/mol. The van der Waals surface area contributed by atoms with E-state index < -0.39 is 0 Å². The molecule has 1 N–H and O–H groups in total. The molecule has 2 heteroatoms. The van der Waals surface area contributed by atoms with Gasteiger partial charge in [0.25, 0.3) is 0 Å². The third-order valence-electron chi connectivity index (χ3n) is 5.84. The minimum absolute atomic E-state index is 0.126. The third-order valence-corrected chi connectivity index (χ3v) is 5.84. The van der Waals surface area contributed by atoms with Gasteiger partial charge in [0.15, 0.2) is 6.29 Å². The molecule has 0 unspecified atom stereocenters. The normalized spacial score (nSPS) is 10.7. The topological polar surface area (TPSA) is 37.3 Å². The Kier molecular flexibility index (Phi) is 5.57. The van der Waals surface area contributed by atoms with Gasteiger partial charge in [-0.25, -0.2) is 0 Å². The average molecular weight is 427 g/mol. The van der Waals surface area contributed by atoms with Gasteiger partial charge in [-0.3, -0.25) is 4.79 Å². The standard InChI is InChI=1S/C31H22O2/c32-21-31-29(26-15-7-13-24(17-26)22-9-3-1-4-10-22)19-28(33)20-30(31)27-16-8-14-25(18-27)23-11-5-2-6-12-23/h1-21,33H. The predicted octanol–water partition coefficient (Wildman–Crippen LogP) is 7.87. The molecule has 0 aliphatic rings. The number of hydrogen-bond acceptors (Lipinski definition) is 2. The van der Waals surface area contributed by atoms with E-state index in [1.807, 2.05) is 72.8 Å². The van der Waals surface area contributed by atoms with Crippen molar-refractivity contribution in [3.05, 3.63) is 127 Å². The van der Waals surface area contributed by atoms with Gasteiger partial charge in [0.2, 0.25) is 0 Å². The molecule has 33 heavy (non-hydrogen) atoms. The number of phenols is 1. The van der Waals surface area contributed by atoms with Crippen LogP contribution in [0.1, 0.15) is 10.4 Å². The van der Waals surface area contributed by atoms with Crippen LogP contribution in [0.2, 0.25) is 0 Å². The van der Waals surface area contributed by atoms with Crippen LogP contribution >= 0.6 is 0 Å². The molecule has 0 aromatic heterocycles. The summed E-state index contributed by atoms with van der Waals surface area (Å²) in [6.07, 6.45) is 0.883. The number of aromatic hydroxyl groups is 1. The summed E-state index contributed by atoms with van der Waals surface area (Å²) >= 11 is 0. The van der Waals surface area contributed by atoms with E-state index in [2.05, 4.69) is 36.4 Å². The molecule has 5 rings (SSSR count). The number of hydrogen-bond donors (Lipinski definition) is 1. The van der Waals surface area contributed by atoms with Gasteiger partial charge in [0.1, 0.15) is 5.75 Å². The molecule has 0 aliphatic heterocycles. The number of carbonyl (C=O) groups excluding carboxylic acids is 1. The molecule has 158 valence electrons. The lowest BCUT2D eigenvalue weighted by atomic mass is 9.90. The van der Waals surface area contributed by atoms with Crippen LogP contribution in [0.25, 0.3) is 44.5 Å². The van der Waals surface area contributed by atoms with Gasteiger partial charge >= 0.3 is 0 Å². The Morgan fingerprint density at radius 2 is 0.848 bits per heavy atom. The zero-order chi connectivity index (χ0) is 22.6. The smallest absolute Gasteiger partial charge is 0.151 e. The van der Waals surface area contributed by atoms with Gasteiger partial charge in [0.05, 0.1) is 0 Å². The number of carbonyl (C=O) groups is 1. The van der Waals surface area contributed by atoms with Crippen LogP contribution in [-0.2, 0) is 0 Å². The SMILES string of the molecule is O=Cc1c(-c2cccc(-c3ccccc3)c2)cc(O)cc1-c1cccc(-c2ccccc2)c1. The van der Waals surface area contributed by atoms with E-state index in [9.17, 15) is 9.90 Å². The van der Waals surface area contributed by atoms with Crippen molar-refractivity contribution in [2.24, 2.45) is 0 Å². The summed E-state index contributed by atoms with van der Waals surface area (Å²) in [6, 6.07) is 39.7. The van der Waals surface area contributed by atoms with Crippen LogP contribution in [0.4, 0.5) is 0 Å². The molecule has 0 atom stereocenters. The lowest BCUT2D eigenvalue weighted by Gasteiger charge is -2.14. The summed E-state index contributed by atoms with van der Waals surface area (Å²) in [4.78, 5) is 12.3. The fourth-order valence-electron chi connectivity index (χ4n) is 4.24. The monoisotopic (exact) mass is 426 g/mol. The Balaban J connectivity index is 1.65. The minimum atomic E-state index is 0.126. The number of rotatable bonds is 5. The van der Waals surface area contributed by atoms with E-state index in [4.69, 9.17) is 0 Å². The lowest BCUT2D eigenvalue weighted by Crippen LogP contribution is -1.94. The first-order valence-electron chi connectivity index (χ1n) is 10.9. The highest BCUT2D eigenvalue weighted by molar-refractivity contribution is 5.98. The highest BCUT2D eigenvalue weighted by Crippen LogP contribution is 2.37. The van der Waals surface area contributed by atoms with Crippen molar-refractivity contribution in [3.63, 3.8) is 0 Å². The molecule has 5 aromatic carbocycles. The van der Waals surface area contributed by atoms with Gasteiger partial charge < -0.3 is 5.11 Å². The zero-order valence-corrected chi connectivity index (χ0v) is 18.0. The molecule has 0 radical (unpaired) electrons. The summed E-state index contributed by atoms with van der Waals surface area (Å²) in [5, 5.41) is 10.6. The van der Waals surface area contributed by atoms with Crippen molar-refractivity contribution in [3.8, 4) is 50.3 Å². The molecule has 0 spiro atoms. The maximum absolute atomic E-state index is 12.3. The second-order valence-electron chi connectivity index (χ2n) is 7.97. The van der Waals surface area contributed by atoms with E-state index in [0.717, 1.165) is 39.7 Å². The third kappa shape index (κ3) is 4.19.